The van der Waals surface area contributed by atoms with Gasteiger partial charge in [0.05, 0.1) is 23.1 Å². The van der Waals surface area contributed by atoms with Crippen LogP contribution in [0.15, 0.2) is 87.3 Å². The minimum Gasteiger partial charge on any atom is -0.399 e. The van der Waals surface area contributed by atoms with Crippen LogP contribution in [0.1, 0.15) is 24.4 Å². The smallest absolute Gasteiger partial charge is 0.336 e. The van der Waals surface area contributed by atoms with E-state index in [0.717, 1.165) is 5.56 Å². The van der Waals surface area contributed by atoms with Crippen molar-refractivity contribution < 1.29 is 9.18 Å². The molecule has 4 N–H and O–H groups in total. The zero-order valence-electron chi connectivity index (χ0n) is 26.3. The Hall–Kier alpha value is -5.58. The summed E-state index contributed by atoms with van der Waals surface area (Å²) >= 11 is 1.99. The molecule has 0 radical (unpaired) electrons. The summed E-state index contributed by atoms with van der Waals surface area (Å²) in [5.41, 5.74) is 7.07. The molecule has 3 aromatic heterocycles. The fourth-order valence-electron chi connectivity index (χ4n) is 5.85. The van der Waals surface area contributed by atoms with Gasteiger partial charge in [-0.1, -0.05) is 23.4 Å². The van der Waals surface area contributed by atoms with Crippen molar-refractivity contribution in [2.75, 3.05) is 16.4 Å². The first kappa shape index (κ1) is 32.0. The number of aryl methyl sites for hydroxylation is 1. The van der Waals surface area contributed by atoms with Crippen molar-refractivity contribution in [2.24, 2.45) is 7.05 Å². The maximum atomic E-state index is 15.0. The van der Waals surface area contributed by atoms with Gasteiger partial charge in [0.2, 0.25) is 5.91 Å². The monoisotopic (exact) mass is 773 g/mol. The number of anilines is 4. The number of carbonyl (C=O) groups is 1. The second kappa shape index (κ2) is 12.5. The molecule has 1 saturated carbocycles. The Morgan fingerprint density at radius 2 is 1.82 bits per heavy atom. The van der Waals surface area contributed by atoms with Gasteiger partial charge in [-0.3, -0.25) is 28.1 Å². The molecule has 0 atom stereocenters. The number of carbonyl (C=O) groups excluding carboxylic acids is 1. The number of hydrogen-bond donors (Lipinski definition) is 3. The van der Waals surface area contributed by atoms with Gasteiger partial charge in [-0.2, -0.15) is 0 Å². The molecule has 3 heterocycles. The van der Waals surface area contributed by atoms with Crippen LogP contribution in [0.2, 0.25) is 0 Å². The molecule has 6 aromatic rings. The molecular formula is C34H29FIN9O4. The Morgan fingerprint density at radius 1 is 1.04 bits per heavy atom. The molecule has 0 unspecified atom stereocenters. The van der Waals surface area contributed by atoms with Crippen LogP contribution in [0.5, 0.6) is 0 Å². The van der Waals surface area contributed by atoms with E-state index in [2.05, 4.69) is 20.9 Å². The third-order valence-electron chi connectivity index (χ3n) is 8.35. The summed E-state index contributed by atoms with van der Waals surface area (Å²) in [4.78, 5) is 54.9. The van der Waals surface area contributed by atoms with Crippen LogP contribution < -0.4 is 33.2 Å². The summed E-state index contributed by atoms with van der Waals surface area (Å²) in [6, 6.07) is 17.9. The third kappa shape index (κ3) is 6.01. The molecule has 1 aliphatic carbocycles. The van der Waals surface area contributed by atoms with E-state index in [1.807, 2.05) is 28.7 Å². The van der Waals surface area contributed by atoms with E-state index in [9.17, 15) is 19.2 Å². The fourth-order valence-corrected chi connectivity index (χ4v) is 6.30. The molecule has 0 bridgehead atoms. The van der Waals surface area contributed by atoms with Gasteiger partial charge >= 0.3 is 5.69 Å². The largest absolute Gasteiger partial charge is 0.399 e. The first-order chi connectivity index (χ1) is 23.5. The van der Waals surface area contributed by atoms with Gasteiger partial charge in [-0.15, -0.1) is 5.10 Å². The number of nitrogens with zero attached hydrogens (tertiary/aromatic N) is 6. The maximum absolute atomic E-state index is 15.0. The Labute approximate surface area is 290 Å². The molecule has 49 heavy (non-hydrogen) atoms. The molecule has 1 aliphatic rings. The summed E-state index contributed by atoms with van der Waals surface area (Å²) in [5.74, 6) is -0.926. The number of benzene rings is 3. The number of aromatic nitrogens is 6. The number of nitrogens with two attached hydrogens (primary N) is 1. The molecule has 3 aromatic carbocycles. The SMILES string of the molecule is Cc1c(=O)n(C)c(Nc2ccc(I)cc2F)c2c(=O)n(C3CC3)c(=O)n(-c3cccc(NC(=O)Cn4cc(-c5cccc(N)c5)nn4)c3)c12. The Balaban J connectivity index is 1.30. The maximum Gasteiger partial charge on any atom is 0.336 e. The van der Waals surface area contributed by atoms with Gasteiger partial charge in [0.25, 0.3) is 11.1 Å². The van der Waals surface area contributed by atoms with Gasteiger partial charge in [0.1, 0.15) is 29.3 Å². The molecule has 13 nitrogen and oxygen atoms in total. The summed E-state index contributed by atoms with van der Waals surface area (Å²) in [5, 5.41) is 14.0. The molecular weight excluding hydrogens is 744 g/mol. The van der Waals surface area contributed by atoms with Crippen LogP contribution in [0, 0.1) is 16.3 Å². The van der Waals surface area contributed by atoms with Crippen molar-refractivity contribution in [3.63, 3.8) is 0 Å². The highest BCUT2D eigenvalue weighted by atomic mass is 127. The van der Waals surface area contributed by atoms with E-state index in [-0.39, 0.29) is 40.6 Å². The summed E-state index contributed by atoms with van der Waals surface area (Å²) < 4.78 is 20.8. The lowest BCUT2D eigenvalue weighted by molar-refractivity contribution is -0.116. The molecule has 15 heteroatoms. The standard InChI is InChI=1S/C34H29FIN9O4/c1-18-30-29(31(42(2)32(18)47)39-26-12-9-20(36)14-25(26)35)33(48)45(23-10-11-23)34(49)44(30)24-8-4-7-22(15-24)38-28(46)17-43-16-27(40-41-43)19-5-3-6-21(37)13-19/h3-9,12-16,23,39H,10-11,17,37H2,1-2H3,(H,38,46). The number of halogens is 2. The number of amides is 1. The van der Waals surface area contributed by atoms with E-state index in [4.69, 9.17) is 5.73 Å². The van der Waals surface area contributed by atoms with Gasteiger partial charge in [0.15, 0.2) is 0 Å². The Bertz CT molecular complexity index is 2500. The minimum atomic E-state index is -0.622. The average molecular weight is 774 g/mol. The lowest BCUT2D eigenvalue weighted by atomic mass is 10.1. The average Bonchev–Trinajstić information content (AvgIpc) is 3.79. The highest BCUT2D eigenvalue weighted by molar-refractivity contribution is 14.1. The topological polar surface area (TPSA) is 164 Å². The second-order valence-electron chi connectivity index (χ2n) is 11.9. The van der Waals surface area contributed by atoms with Gasteiger partial charge in [-0.05, 0) is 90.9 Å². The third-order valence-corrected chi connectivity index (χ3v) is 9.03. The second-order valence-corrected chi connectivity index (χ2v) is 13.1. The van der Waals surface area contributed by atoms with E-state index >= 15 is 4.39 Å². The molecule has 1 amide bonds. The molecule has 0 aliphatic heterocycles. The summed E-state index contributed by atoms with van der Waals surface area (Å²) in [6.45, 7) is 1.40. The number of hydrogen-bond acceptors (Lipinski definition) is 8. The van der Waals surface area contributed by atoms with E-state index in [0.29, 0.717) is 39.2 Å². The number of nitrogens with one attached hydrogen (secondary N) is 2. The van der Waals surface area contributed by atoms with Crippen LogP contribution in [0.3, 0.4) is 0 Å². The molecule has 7 rings (SSSR count). The Morgan fingerprint density at radius 3 is 2.55 bits per heavy atom. The number of pyridine rings is 1. The zero-order valence-corrected chi connectivity index (χ0v) is 28.4. The van der Waals surface area contributed by atoms with Gasteiger partial charge in [-0.25, -0.2) is 13.9 Å². The number of fused-ring (bicyclic) bond motifs is 1. The van der Waals surface area contributed by atoms with Crippen LogP contribution in [0.4, 0.5) is 27.3 Å². The first-order valence-corrected chi connectivity index (χ1v) is 16.4. The van der Waals surface area contributed by atoms with Crippen molar-refractivity contribution >= 4 is 62.3 Å². The quantitative estimate of drug-likeness (QED) is 0.151. The molecule has 0 saturated heterocycles. The normalized spacial score (nSPS) is 12.7. The van der Waals surface area contributed by atoms with Crippen LogP contribution >= 0.6 is 22.6 Å². The predicted molar refractivity (Wildman–Crippen MR) is 193 cm³/mol. The zero-order chi connectivity index (χ0) is 34.6. The van der Waals surface area contributed by atoms with Crippen molar-refractivity contribution in [1.29, 1.82) is 0 Å². The van der Waals surface area contributed by atoms with E-state index in [1.165, 1.54) is 37.6 Å². The van der Waals surface area contributed by atoms with Crippen molar-refractivity contribution in [3.8, 4) is 16.9 Å². The minimum absolute atomic E-state index is 0.0497. The van der Waals surface area contributed by atoms with Crippen LogP contribution in [-0.4, -0.2) is 34.6 Å². The van der Waals surface area contributed by atoms with Crippen molar-refractivity contribution in [2.45, 2.75) is 32.4 Å². The van der Waals surface area contributed by atoms with Gasteiger partial charge < -0.3 is 16.4 Å². The van der Waals surface area contributed by atoms with Crippen molar-refractivity contribution in [1.82, 2.24) is 28.7 Å². The summed E-state index contributed by atoms with van der Waals surface area (Å²) in [6.07, 6.45) is 2.91. The van der Waals surface area contributed by atoms with Crippen LogP contribution in [-0.2, 0) is 18.4 Å². The Kier molecular flexibility index (Phi) is 8.14. The fraction of sp³-hybridized carbons (Fsp3) is 0.176. The van der Waals surface area contributed by atoms with Crippen molar-refractivity contribution in [3.05, 3.63) is 119 Å². The molecule has 0 spiro atoms. The lowest BCUT2D eigenvalue weighted by Crippen LogP contribution is -2.41. The number of nitrogen functional groups attached to an aromatic ring is 1. The van der Waals surface area contributed by atoms with E-state index in [1.54, 1.807) is 61.7 Å². The summed E-state index contributed by atoms with van der Waals surface area (Å²) in [7, 11) is 1.49. The van der Waals surface area contributed by atoms with Crippen LogP contribution in [0.25, 0.3) is 27.8 Å². The molecule has 248 valence electrons. The lowest BCUT2D eigenvalue weighted by Gasteiger charge is -2.21. The first-order valence-electron chi connectivity index (χ1n) is 15.3. The van der Waals surface area contributed by atoms with Gasteiger partial charge in [0, 0.05) is 39.2 Å². The van der Waals surface area contributed by atoms with E-state index < -0.39 is 28.5 Å². The predicted octanol–water partition coefficient (Wildman–Crippen LogP) is 4.46. The highest BCUT2D eigenvalue weighted by Gasteiger charge is 2.31. The highest BCUT2D eigenvalue weighted by Crippen LogP contribution is 2.34. The molecule has 1 fully saturated rings. The number of rotatable bonds is 8.